The van der Waals surface area contributed by atoms with Gasteiger partial charge in [-0.2, -0.15) is 0 Å². The molecule has 0 N–H and O–H groups in total. The highest BCUT2D eigenvalue weighted by Gasteiger charge is 2.61. The molecule has 216 valence electrons. The largest absolute Gasteiger partial charge is 0.451 e. The molecule has 5 unspecified atom stereocenters. The van der Waals surface area contributed by atoms with E-state index in [9.17, 15) is 19.2 Å². The smallest absolute Gasteiger partial charge is 0.339 e. The van der Waals surface area contributed by atoms with Crippen LogP contribution in [0.1, 0.15) is 46.9 Å². The molecular weight excluding hydrogens is 587 g/mol. The van der Waals surface area contributed by atoms with Crippen molar-refractivity contribution < 1.29 is 23.9 Å². The first-order valence-electron chi connectivity index (χ1n) is 14.3. The Bertz CT molecular complexity index is 1790. The van der Waals surface area contributed by atoms with Crippen molar-refractivity contribution in [3.8, 4) is 11.3 Å². The second-order valence-electron chi connectivity index (χ2n) is 11.6. The van der Waals surface area contributed by atoms with E-state index in [0.717, 1.165) is 19.3 Å². The van der Waals surface area contributed by atoms with Crippen molar-refractivity contribution in [2.45, 2.75) is 32.3 Å². The molecule has 2 amide bonds. The van der Waals surface area contributed by atoms with E-state index >= 15 is 0 Å². The maximum absolute atomic E-state index is 13.5. The summed E-state index contributed by atoms with van der Waals surface area (Å²) in [5.41, 5.74) is 2.80. The molecule has 5 atom stereocenters. The number of esters is 1. The van der Waals surface area contributed by atoms with Gasteiger partial charge < -0.3 is 4.74 Å². The Morgan fingerprint density at radius 3 is 2.14 bits per heavy atom. The molecule has 2 aliphatic carbocycles. The van der Waals surface area contributed by atoms with Gasteiger partial charge in [0.1, 0.15) is 0 Å². The van der Waals surface area contributed by atoms with Gasteiger partial charge in [-0.1, -0.05) is 35.3 Å². The van der Waals surface area contributed by atoms with Crippen LogP contribution in [0.3, 0.4) is 0 Å². The zero-order chi connectivity index (χ0) is 30.0. The highest BCUT2D eigenvalue weighted by atomic mass is 35.5. The topological polar surface area (TPSA) is 93.6 Å². The minimum Gasteiger partial charge on any atom is -0.451 e. The number of amides is 2. The quantitative estimate of drug-likeness (QED) is 0.130. The molecule has 2 heterocycles. The Morgan fingerprint density at radius 1 is 0.860 bits per heavy atom. The first-order valence-corrected chi connectivity index (χ1v) is 15.0. The second kappa shape index (κ2) is 10.6. The molecule has 7 nitrogen and oxygen atoms in total. The number of carbonyl (C=O) groups excluding carboxylic acids is 4. The lowest BCUT2D eigenvalue weighted by Crippen LogP contribution is -2.32. The molecule has 3 aliphatic rings. The summed E-state index contributed by atoms with van der Waals surface area (Å²) >= 11 is 12.2. The number of halogens is 2. The highest BCUT2D eigenvalue weighted by Crippen LogP contribution is 2.56. The van der Waals surface area contributed by atoms with E-state index in [0.29, 0.717) is 55.3 Å². The Kier molecular flexibility index (Phi) is 6.83. The van der Waals surface area contributed by atoms with Gasteiger partial charge in [0.25, 0.3) is 0 Å². The van der Waals surface area contributed by atoms with E-state index < -0.39 is 12.1 Å². The molecule has 2 bridgehead atoms. The van der Waals surface area contributed by atoms with Crippen molar-refractivity contribution in [3.05, 3.63) is 94.0 Å². The number of nitrogens with zero attached hydrogens (tertiary/aromatic N) is 2. The maximum atomic E-state index is 13.5. The third-order valence-electron chi connectivity index (χ3n) is 9.12. The average molecular weight is 613 g/mol. The summed E-state index contributed by atoms with van der Waals surface area (Å²) in [4.78, 5) is 59.0. The average Bonchev–Trinajstić information content (AvgIpc) is 3.70. The highest BCUT2D eigenvalue weighted by molar-refractivity contribution is 6.31. The van der Waals surface area contributed by atoms with Crippen LogP contribution >= 0.6 is 23.2 Å². The Balaban J connectivity index is 1.18. The number of fused-ring (bicyclic) bond motifs is 6. The summed E-state index contributed by atoms with van der Waals surface area (Å²) in [6.45, 7) is 1.52. The third kappa shape index (κ3) is 4.71. The maximum Gasteiger partial charge on any atom is 0.339 e. The van der Waals surface area contributed by atoms with Gasteiger partial charge in [0.05, 0.1) is 34.3 Å². The standard InChI is InChI=1S/C34H26Cl2N2O5/c1-17(31(39)19-4-8-22(35)9-5-19)43-34(42)26-16-28(37-27-13-10-23(36)15-25(26)27)18-6-11-24(12-7-18)38-32(40)29-20-2-3-21(14-20)30(29)33(38)41/h4-13,15-17,20-21,29-30H,2-3,14H2,1H3. The van der Waals surface area contributed by atoms with Crippen LogP contribution in [0.4, 0.5) is 5.69 Å². The van der Waals surface area contributed by atoms with Crippen LogP contribution in [0.5, 0.6) is 0 Å². The molecule has 3 aromatic carbocycles. The van der Waals surface area contributed by atoms with E-state index in [4.69, 9.17) is 32.9 Å². The Labute approximate surface area is 257 Å². The molecular formula is C34H26Cl2N2O5. The van der Waals surface area contributed by atoms with Gasteiger partial charge in [0, 0.05) is 26.6 Å². The van der Waals surface area contributed by atoms with Gasteiger partial charge >= 0.3 is 5.97 Å². The number of hydrogen-bond donors (Lipinski definition) is 0. The number of anilines is 1. The number of imide groups is 1. The van der Waals surface area contributed by atoms with Crippen molar-refractivity contribution in [1.29, 1.82) is 0 Å². The SMILES string of the molecule is CC(OC(=O)c1cc(-c2ccc(N3C(=O)C4C5CCC(C5)C4C3=O)cc2)nc2ccc(Cl)cc12)C(=O)c1ccc(Cl)cc1. The summed E-state index contributed by atoms with van der Waals surface area (Å²) < 4.78 is 5.62. The third-order valence-corrected chi connectivity index (χ3v) is 9.61. The number of carbonyl (C=O) groups is 4. The minimum absolute atomic E-state index is 0.0945. The monoisotopic (exact) mass is 612 g/mol. The number of ether oxygens (including phenoxy) is 1. The van der Waals surface area contributed by atoms with Gasteiger partial charge in [-0.25, -0.2) is 9.78 Å². The van der Waals surface area contributed by atoms with Gasteiger partial charge in [-0.3, -0.25) is 19.3 Å². The summed E-state index contributed by atoms with van der Waals surface area (Å²) in [6, 6.07) is 20.0. The van der Waals surface area contributed by atoms with Crippen molar-refractivity contribution in [3.63, 3.8) is 0 Å². The number of aromatic nitrogens is 1. The van der Waals surface area contributed by atoms with Gasteiger partial charge in [-0.15, -0.1) is 0 Å². The number of benzene rings is 3. The predicted molar refractivity (Wildman–Crippen MR) is 163 cm³/mol. The Hall–Kier alpha value is -4.07. The van der Waals surface area contributed by atoms with Crippen molar-refractivity contribution in [1.82, 2.24) is 4.98 Å². The normalized spacial score (nSPS) is 23.1. The molecule has 9 heteroatoms. The Morgan fingerprint density at radius 2 is 1.49 bits per heavy atom. The zero-order valence-electron chi connectivity index (χ0n) is 23.1. The molecule has 4 aromatic rings. The lowest BCUT2D eigenvalue weighted by molar-refractivity contribution is -0.123. The molecule has 3 fully saturated rings. The summed E-state index contributed by atoms with van der Waals surface area (Å²) in [6.07, 6.45) is 1.98. The molecule has 0 radical (unpaired) electrons. The lowest BCUT2D eigenvalue weighted by atomic mass is 9.81. The molecule has 1 aromatic heterocycles. The van der Waals surface area contributed by atoms with Gasteiger partial charge in [0.2, 0.25) is 17.6 Å². The fourth-order valence-electron chi connectivity index (χ4n) is 7.09. The number of pyridine rings is 1. The fraction of sp³-hybridized carbons (Fsp3) is 0.265. The van der Waals surface area contributed by atoms with Gasteiger partial charge in [0.15, 0.2) is 6.10 Å². The number of Topliss-reactive ketones (excluding diaryl/α,β-unsaturated/α-hetero) is 1. The number of rotatable bonds is 6. The lowest BCUT2D eigenvalue weighted by Gasteiger charge is -2.19. The van der Waals surface area contributed by atoms with Crippen LogP contribution in [0.2, 0.25) is 10.0 Å². The summed E-state index contributed by atoms with van der Waals surface area (Å²) in [5.74, 6) is -1.00. The van der Waals surface area contributed by atoms with Crippen LogP contribution in [-0.4, -0.2) is 34.7 Å². The minimum atomic E-state index is -1.05. The molecule has 7 rings (SSSR count). The number of ketones is 1. The van der Waals surface area contributed by atoms with E-state index in [2.05, 4.69) is 0 Å². The fourth-order valence-corrected chi connectivity index (χ4v) is 7.38. The second-order valence-corrected chi connectivity index (χ2v) is 12.5. The predicted octanol–water partition coefficient (Wildman–Crippen LogP) is 7.17. The van der Waals surface area contributed by atoms with Gasteiger partial charge in [-0.05, 0) is 98.7 Å². The first kappa shape index (κ1) is 27.7. The van der Waals surface area contributed by atoms with E-state index in [-0.39, 0.29) is 35.0 Å². The van der Waals surface area contributed by atoms with E-state index in [1.54, 1.807) is 72.8 Å². The molecule has 0 spiro atoms. The van der Waals surface area contributed by atoms with Crippen LogP contribution in [0, 0.1) is 23.7 Å². The van der Waals surface area contributed by atoms with E-state index in [1.807, 2.05) is 0 Å². The van der Waals surface area contributed by atoms with Crippen molar-refractivity contribution >= 4 is 63.4 Å². The molecule has 43 heavy (non-hydrogen) atoms. The van der Waals surface area contributed by atoms with Crippen LogP contribution < -0.4 is 4.90 Å². The van der Waals surface area contributed by atoms with E-state index in [1.165, 1.54) is 11.8 Å². The molecule has 1 saturated heterocycles. The van der Waals surface area contributed by atoms with Crippen molar-refractivity contribution in [2.75, 3.05) is 4.90 Å². The van der Waals surface area contributed by atoms with Crippen LogP contribution in [0.15, 0.2) is 72.8 Å². The molecule has 1 aliphatic heterocycles. The molecule has 2 saturated carbocycles. The summed E-state index contributed by atoms with van der Waals surface area (Å²) in [5, 5.41) is 1.40. The van der Waals surface area contributed by atoms with Crippen molar-refractivity contribution in [2.24, 2.45) is 23.7 Å². The zero-order valence-corrected chi connectivity index (χ0v) is 24.6. The van der Waals surface area contributed by atoms with Crippen LogP contribution in [-0.2, 0) is 14.3 Å². The summed E-state index contributed by atoms with van der Waals surface area (Å²) in [7, 11) is 0. The number of hydrogen-bond acceptors (Lipinski definition) is 6. The first-order chi connectivity index (χ1) is 20.7. The van der Waals surface area contributed by atoms with Crippen LogP contribution in [0.25, 0.3) is 22.2 Å².